The summed E-state index contributed by atoms with van der Waals surface area (Å²) in [4.78, 5) is 22.5. The molecule has 30 heavy (non-hydrogen) atoms. The highest BCUT2D eigenvalue weighted by molar-refractivity contribution is 6.30. The average Bonchev–Trinajstić information content (AvgIpc) is 3.22. The van der Waals surface area contributed by atoms with Crippen molar-refractivity contribution in [3.05, 3.63) is 88.6 Å². The zero-order valence-corrected chi connectivity index (χ0v) is 16.9. The van der Waals surface area contributed by atoms with Gasteiger partial charge in [0.05, 0.1) is 12.3 Å². The number of benzene rings is 1. The Morgan fingerprint density at radius 3 is 2.70 bits per heavy atom. The Hall–Kier alpha value is -3.64. The standard InChI is InChI=1S/C23H17ClN4O2/c1-2-30-21-10-4-15-13-19(16-3-9-20-25-11-12-27(20)14-16)23(29)28(22(15)26-21)18-7-5-17(24)6-8-18/h3-14H,2H2,1H3. The van der Waals surface area contributed by atoms with Crippen molar-refractivity contribution in [2.24, 2.45) is 0 Å². The molecule has 4 heterocycles. The number of imidazole rings is 1. The van der Waals surface area contributed by atoms with Gasteiger partial charge in [-0.25, -0.2) is 4.98 Å². The Kier molecular flexibility index (Phi) is 4.48. The van der Waals surface area contributed by atoms with Crippen molar-refractivity contribution in [2.45, 2.75) is 6.92 Å². The first kappa shape index (κ1) is 18.4. The molecule has 0 atom stereocenters. The third-order valence-corrected chi connectivity index (χ3v) is 5.15. The Labute approximate surface area is 177 Å². The largest absolute Gasteiger partial charge is 0.478 e. The summed E-state index contributed by atoms with van der Waals surface area (Å²) in [5.41, 5.74) is 3.22. The molecule has 0 saturated heterocycles. The molecule has 0 N–H and O–H groups in total. The first-order valence-electron chi connectivity index (χ1n) is 9.52. The first-order chi connectivity index (χ1) is 14.6. The summed E-state index contributed by atoms with van der Waals surface area (Å²) in [6.45, 7) is 2.39. The van der Waals surface area contributed by atoms with Crippen molar-refractivity contribution in [1.82, 2.24) is 18.9 Å². The molecule has 0 spiro atoms. The molecule has 148 valence electrons. The summed E-state index contributed by atoms with van der Waals surface area (Å²) in [7, 11) is 0. The van der Waals surface area contributed by atoms with Gasteiger partial charge in [0, 0.05) is 46.2 Å². The molecule has 0 aliphatic carbocycles. The molecule has 1 aromatic carbocycles. The number of hydrogen-bond donors (Lipinski definition) is 0. The molecule has 0 unspecified atom stereocenters. The predicted molar refractivity (Wildman–Crippen MR) is 118 cm³/mol. The van der Waals surface area contributed by atoms with Crippen LogP contribution in [0, 0.1) is 0 Å². The average molecular weight is 417 g/mol. The molecule has 0 saturated carbocycles. The molecule has 6 nitrogen and oxygen atoms in total. The highest BCUT2D eigenvalue weighted by Gasteiger charge is 2.15. The fraction of sp³-hybridized carbons (Fsp3) is 0.0870. The first-order valence-corrected chi connectivity index (χ1v) is 9.90. The third-order valence-electron chi connectivity index (χ3n) is 4.90. The van der Waals surface area contributed by atoms with Crippen LogP contribution < -0.4 is 10.3 Å². The van der Waals surface area contributed by atoms with Crippen molar-refractivity contribution in [3.8, 4) is 22.7 Å². The Balaban J connectivity index is 1.82. The topological polar surface area (TPSA) is 61.4 Å². The molecule has 0 amide bonds. The van der Waals surface area contributed by atoms with E-state index in [9.17, 15) is 4.79 Å². The normalized spacial score (nSPS) is 11.3. The van der Waals surface area contributed by atoms with Gasteiger partial charge in [0.2, 0.25) is 5.88 Å². The molecule has 0 aliphatic heterocycles. The summed E-state index contributed by atoms with van der Waals surface area (Å²) in [5, 5.41) is 1.43. The summed E-state index contributed by atoms with van der Waals surface area (Å²) in [6.07, 6.45) is 5.48. The number of halogens is 1. The number of pyridine rings is 3. The van der Waals surface area contributed by atoms with Crippen molar-refractivity contribution in [2.75, 3.05) is 6.61 Å². The van der Waals surface area contributed by atoms with E-state index in [2.05, 4.69) is 9.97 Å². The Morgan fingerprint density at radius 2 is 1.90 bits per heavy atom. The summed E-state index contributed by atoms with van der Waals surface area (Å²) in [6, 6.07) is 16.5. The van der Waals surface area contributed by atoms with E-state index >= 15 is 0 Å². The fourth-order valence-corrected chi connectivity index (χ4v) is 3.64. The van der Waals surface area contributed by atoms with E-state index in [1.165, 1.54) is 0 Å². The lowest BCUT2D eigenvalue weighted by Crippen LogP contribution is -2.21. The maximum absolute atomic E-state index is 13.6. The Bertz CT molecular complexity index is 1440. The van der Waals surface area contributed by atoms with Gasteiger partial charge in [0.25, 0.3) is 5.56 Å². The number of fused-ring (bicyclic) bond motifs is 2. The van der Waals surface area contributed by atoms with Gasteiger partial charge in [-0.05, 0) is 55.5 Å². The minimum atomic E-state index is -0.176. The van der Waals surface area contributed by atoms with Gasteiger partial charge in [-0.2, -0.15) is 4.98 Å². The van der Waals surface area contributed by atoms with Crippen molar-refractivity contribution in [1.29, 1.82) is 0 Å². The SMILES string of the molecule is CCOc1ccc2cc(-c3ccc4nccn4c3)c(=O)n(-c3ccc(Cl)cc3)c2n1. The van der Waals surface area contributed by atoms with Crippen LogP contribution in [0.3, 0.4) is 0 Å². The van der Waals surface area contributed by atoms with Crippen LogP contribution in [0.5, 0.6) is 5.88 Å². The van der Waals surface area contributed by atoms with E-state index in [0.29, 0.717) is 34.4 Å². The van der Waals surface area contributed by atoms with Crippen LogP contribution >= 0.6 is 11.6 Å². The van der Waals surface area contributed by atoms with Gasteiger partial charge in [-0.15, -0.1) is 0 Å². The zero-order chi connectivity index (χ0) is 20.7. The lowest BCUT2D eigenvalue weighted by Gasteiger charge is -2.14. The second kappa shape index (κ2) is 7.31. The summed E-state index contributed by atoms with van der Waals surface area (Å²) >= 11 is 6.06. The number of hydrogen-bond acceptors (Lipinski definition) is 4. The zero-order valence-electron chi connectivity index (χ0n) is 16.1. The smallest absolute Gasteiger partial charge is 0.264 e. The molecule has 0 aliphatic rings. The van der Waals surface area contributed by atoms with Gasteiger partial charge in [0.1, 0.15) is 5.65 Å². The Morgan fingerprint density at radius 1 is 1.07 bits per heavy atom. The van der Waals surface area contributed by atoms with E-state index in [-0.39, 0.29) is 5.56 Å². The van der Waals surface area contributed by atoms with E-state index < -0.39 is 0 Å². The number of rotatable bonds is 4. The monoisotopic (exact) mass is 416 g/mol. The number of aromatic nitrogens is 4. The van der Waals surface area contributed by atoms with Gasteiger partial charge < -0.3 is 9.14 Å². The predicted octanol–water partition coefficient (Wildman–Crippen LogP) is 4.75. The maximum atomic E-state index is 13.6. The molecular weight excluding hydrogens is 400 g/mol. The lowest BCUT2D eigenvalue weighted by atomic mass is 10.1. The molecule has 4 aromatic heterocycles. The van der Waals surface area contributed by atoms with Gasteiger partial charge in [-0.3, -0.25) is 9.36 Å². The molecule has 0 bridgehead atoms. The molecule has 5 rings (SSSR count). The molecule has 0 radical (unpaired) electrons. The van der Waals surface area contributed by atoms with Crippen LogP contribution in [-0.4, -0.2) is 25.5 Å². The van der Waals surface area contributed by atoms with Gasteiger partial charge >= 0.3 is 0 Å². The molecule has 0 fully saturated rings. The molecular formula is C23H17ClN4O2. The van der Waals surface area contributed by atoms with Crippen LogP contribution in [-0.2, 0) is 0 Å². The van der Waals surface area contributed by atoms with E-state index in [0.717, 1.165) is 16.6 Å². The van der Waals surface area contributed by atoms with Crippen LogP contribution in [0.25, 0.3) is 33.5 Å². The quantitative estimate of drug-likeness (QED) is 0.424. The van der Waals surface area contributed by atoms with Crippen LogP contribution in [0.15, 0.2) is 78.0 Å². The van der Waals surface area contributed by atoms with Crippen molar-refractivity contribution < 1.29 is 4.74 Å². The van der Waals surface area contributed by atoms with E-state index in [4.69, 9.17) is 16.3 Å². The van der Waals surface area contributed by atoms with E-state index in [1.54, 1.807) is 35.0 Å². The van der Waals surface area contributed by atoms with Crippen LogP contribution in [0.1, 0.15) is 6.92 Å². The summed E-state index contributed by atoms with van der Waals surface area (Å²) in [5.74, 6) is 0.472. The molecule has 5 aromatic rings. The maximum Gasteiger partial charge on any atom is 0.264 e. The number of ether oxygens (including phenoxy) is 1. The van der Waals surface area contributed by atoms with Crippen molar-refractivity contribution in [3.63, 3.8) is 0 Å². The minimum absolute atomic E-state index is 0.176. The minimum Gasteiger partial charge on any atom is -0.478 e. The number of nitrogens with zero attached hydrogens (tertiary/aromatic N) is 4. The second-order valence-corrected chi connectivity index (χ2v) is 7.22. The molecule has 7 heteroatoms. The van der Waals surface area contributed by atoms with Crippen LogP contribution in [0.4, 0.5) is 0 Å². The summed E-state index contributed by atoms with van der Waals surface area (Å²) < 4.78 is 9.05. The van der Waals surface area contributed by atoms with E-state index in [1.807, 2.05) is 54.0 Å². The van der Waals surface area contributed by atoms with Crippen molar-refractivity contribution >= 4 is 28.3 Å². The lowest BCUT2D eigenvalue weighted by molar-refractivity contribution is 0.328. The third kappa shape index (κ3) is 3.11. The highest BCUT2D eigenvalue weighted by Crippen LogP contribution is 2.25. The van der Waals surface area contributed by atoms with Crippen LogP contribution in [0.2, 0.25) is 5.02 Å². The fourth-order valence-electron chi connectivity index (χ4n) is 3.51. The van der Waals surface area contributed by atoms with Gasteiger partial charge in [-0.1, -0.05) is 11.6 Å². The van der Waals surface area contributed by atoms with Gasteiger partial charge in [0.15, 0.2) is 5.65 Å². The highest BCUT2D eigenvalue weighted by atomic mass is 35.5. The second-order valence-electron chi connectivity index (χ2n) is 6.78.